The van der Waals surface area contributed by atoms with Crippen LogP contribution >= 0.6 is 0 Å². The molecule has 0 radical (unpaired) electrons. The van der Waals surface area contributed by atoms with Crippen molar-refractivity contribution in [1.29, 1.82) is 0 Å². The summed E-state index contributed by atoms with van der Waals surface area (Å²) in [6.07, 6.45) is 1.74. The molecule has 8 nitrogen and oxygen atoms in total. The van der Waals surface area contributed by atoms with Crippen molar-refractivity contribution in [3.8, 4) is 0 Å². The van der Waals surface area contributed by atoms with E-state index in [0.717, 1.165) is 17.1 Å². The van der Waals surface area contributed by atoms with Crippen molar-refractivity contribution < 1.29 is 4.79 Å². The van der Waals surface area contributed by atoms with Gasteiger partial charge in [0, 0.05) is 44.6 Å². The van der Waals surface area contributed by atoms with Gasteiger partial charge >= 0.3 is 0 Å². The van der Waals surface area contributed by atoms with Gasteiger partial charge in [-0.05, 0) is 55.0 Å². The Balaban J connectivity index is 1.44. The molecule has 0 fully saturated rings. The van der Waals surface area contributed by atoms with E-state index in [-0.39, 0.29) is 5.91 Å². The summed E-state index contributed by atoms with van der Waals surface area (Å²) in [4.78, 5) is 18.5. The first-order valence-corrected chi connectivity index (χ1v) is 9.34. The number of aromatic nitrogens is 3. The van der Waals surface area contributed by atoms with Gasteiger partial charge in [0.15, 0.2) is 5.82 Å². The number of amides is 1. The maximum Gasteiger partial charge on any atom is 0.251 e. The van der Waals surface area contributed by atoms with Crippen LogP contribution in [0.3, 0.4) is 0 Å². The summed E-state index contributed by atoms with van der Waals surface area (Å²) in [5, 5.41) is 17.4. The van der Waals surface area contributed by atoms with Gasteiger partial charge in [-0.2, -0.15) is 0 Å². The average molecular weight is 391 g/mol. The van der Waals surface area contributed by atoms with E-state index in [0.29, 0.717) is 30.3 Å². The van der Waals surface area contributed by atoms with Crippen molar-refractivity contribution >= 4 is 29.0 Å². The SMILES string of the molecule is Cc1ccnc(Nc2ccc(NCCNC(=O)c3cccc(N(C)C)c3)nn2)c1. The van der Waals surface area contributed by atoms with Crippen molar-refractivity contribution in [3.05, 3.63) is 65.9 Å². The smallest absolute Gasteiger partial charge is 0.251 e. The minimum Gasteiger partial charge on any atom is -0.378 e. The normalized spacial score (nSPS) is 10.3. The predicted octanol–water partition coefficient (Wildman–Crippen LogP) is 2.83. The first kappa shape index (κ1) is 20.1. The van der Waals surface area contributed by atoms with Gasteiger partial charge in [0.2, 0.25) is 0 Å². The minimum absolute atomic E-state index is 0.105. The second kappa shape index (κ2) is 9.50. The van der Waals surface area contributed by atoms with E-state index in [9.17, 15) is 4.79 Å². The van der Waals surface area contributed by atoms with Gasteiger partial charge in [-0.15, -0.1) is 10.2 Å². The van der Waals surface area contributed by atoms with E-state index in [1.165, 1.54) is 0 Å². The molecule has 0 aliphatic carbocycles. The summed E-state index contributed by atoms with van der Waals surface area (Å²) < 4.78 is 0. The third-order valence-corrected chi connectivity index (χ3v) is 4.18. The van der Waals surface area contributed by atoms with Crippen molar-refractivity contribution in [2.75, 3.05) is 42.7 Å². The van der Waals surface area contributed by atoms with Crippen LogP contribution in [0.25, 0.3) is 0 Å². The number of hydrogen-bond acceptors (Lipinski definition) is 7. The molecule has 3 rings (SSSR count). The van der Waals surface area contributed by atoms with E-state index in [1.807, 2.05) is 68.4 Å². The highest BCUT2D eigenvalue weighted by Gasteiger charge is 2.06. The molecule has 0 spiro atoms. The van der Waals surface area contributed by atoms with Crippen molar-refractivity contribution in [2.45, 2.75) is 6.92 Å². The summed E-state index contributed by atoms with van der Waals surface area (Å²) in [5.41, 5.74) is 2.74. The van der Waals surface area contributed by atoms with E-state index in [2.05, 4.69) is 31.1 Å². The van der Waals surface area contributed by atoms with Crippen molar-refractivity contribution in [2.24, 2.45) is 0 Å². The second-order valence-electron chi connectivity index (χ2n) is 6.77. The lowest BCUT2D eigenvalue weighted by molar-refractivity contribution is 0.0955. The highest BCUT2D eigenvalue weighted by molar-refractivity contribution is 5.95. The number of benzene rings is 1. The summed E-state index contributed by atoms with van der Waals surface area (Å²) in [6.45, 7) is 3.02. The molecule has 0 aliphatic heterocycles. The Morgan fingerprint density at radius 1 is 0.966 bits per heavy atom. The lowest BCUT2D eigenvalue weighted by Gasteiger charge is -2.13. The van der Waals surface area contributed by atoms with Crippen LogP contribution in [0, 0.1) is 6.92 Å². The van der Waals surface area contributed by atoms with Crippen LogP contribution in [0.1, 0.15) is 15.9 Å². The molecule has 0 aliphatic rings. The van der Waals surface area contributed by atoms with Crippen LogP contribution in [0.4, 0.5) is 23.1 Å². The van der Waals surface area contributed by atoms with Crippen LogP contribution < -0.4 is 20.9 Å². The second-order valence-corrected chi connectivity index (χ2v) is 6.77. The lowest BCUT2D eigenvalue weighted by Crippen LogP contribution is -2.29. The maximum atomic E-state index is 12.3. The molecule has 0 atom stereocenters. The fourth-order valence-electron chi connectivity index (χ4n) is 2.62. The molecular formula is C21H25N7O. The van der Waals surface area contributed by atoms with Gasteiger partial charge in [0.05, 0.1) is 0 Å². The number of carbonyl (C=O) groups excluding carboxylic acids is 1. The quantitative estimate of drug-likeness (QED) is 0.508. The minimum atomic E-state index is -0.105. The van der Waals surface area contributed by atoms with Gasteiger partial charge in [0.25, 0.3) is 5.91 Å². The average Bonchev–Trinajstić information content (AvgIpc) is 2.72. The number of nitrogens with zero attached hydrogens (tertiary/aromatic N) is 4. The highest BCUT2D eigenvalue weighted by atomic mass is 16.1. The summed E-state index contributed by atoms with van der Waals surface area (Å²) in [5.74, 6) is 1.87. The number of pyridine rings is 1. The number of hydrogen-bond donors (Lipinski definition) is 3. The van der Waals surface area contributed by atoms with E-state index >= 15 is 0 Å². The van der Waals surface area contributed by atoms with Crippen LogP contribution in [0.5, 0.6) is 0 Å². The molecule has 0 bridgehead atoms. The molecule has 8 heteroatoms. The molecule has 29 heavy (non-hydrogen) atoms. The third-order valence-electron chi connectivity index (χ3n) is 4.18. The van der Waals surface area contributed by atoms with E-state index in [4.69, 9.17) is 0 Å². The molecule has 1 amide bonds. The zero-order valence-electron chi connectivity index (χ0n) is 16.8. The number of aryl methyl sites for hydroxylation is 1. The number of anilines is 4. The van der Waals surface area contributed by atoms with Crippen LogP contribution in [-0.4, -0.2) is 48.3 Å². The van der Waals surface area contributed by atoms with E-state index < -0.39 is 0 Å². The number of rotatable bonds is 8. The largest absolute Gasteiger partial charge is 0.378 e. The molecule has 1 aromatic carbocycles. The van der Waals surface area contributed by atoms with Gasteiger partial charge < -0.3 is 20.9 Å². The van der Waals surface area contributed by atoms with Crippen LogP contribution in [0.15, 0.2) is 54.7 Å². The Hall–Kier alpha value is -3.68. The zero-order valence-corrected chi connectivity index (χ0v) is 16.8. The van der Waals surface area contributed by atoms with E-state index in [1.54, 1.807) is 12.3 Å². The first-order valence-electron chi connectivity index (χ1n) is 9.34. The summed E-state index contributed by atoms with van der Waals surface area (Å²) >= 11 is 0. The molecule has 3 N–H and O–H groups in total. The van der Waals surface area contributed by atoms with Crippen molar-refractivity contribution in [1.82, 2.24) is 20.5 Å². The Morgan fingerprint density at radius 2 is 1.76 bits per heavy atom. The monoisotopic (exact) mass is 391 g/mol. The molecule has 150 valence electrons. The Morgan fingerprint density at radius 3 is 2.48 bits per heavy atom. The first-order chi connectivity index (χ1) is 14.0. The molecule has 2 heterocycles. The molecule has 0 unspecified atom stereocenters. The van der Waals surface area contributed by atoms with Gasteiger partial charge in [-0.3, -0.25) is 4.79 Å². The van der Waals surface area contributed by atoms with Crippen LogP contribution in [0.2, 0.25) is 0 Å². The Labute approximate surface area is 170 Å². The maximum absolute atomic E-state index is 12.3. The molecule has 0 saturated carbocycles. The number of carbonyl (C=O) groups is 1. The molecular weight excluding hydrogens is 366 g/mol. The lowest BCUT2D eigenvalue weighted by atomic mass is 10.2. The standard InChI is InChI=1S/C21H25N7O/c1-15-9-10-22-20(13-15)25-19-8-7-18(26-27-19)23-11-12-24-21(29)16-5-4-6-17(14-16)28(2)3/h4-10,13-14H,11-12H2,1-3H3,(H,23,26)(H,24,29)(H,22,25,27). The molecule has 3 aromatic rings. The highest BCUT2D eigenvalue weighted by Crippen LogP contribution is 2.14. The fraction of sp³-hybridized carbons (Fsp3) is 0.238. The summed E-state index contributed by atoms with van der Waals surface area (Å²) in [6, 6.07) is 15.0. The summed E-state index contributed by atoms with van der Waals surface area (Å²) in [7, 11) is 3.89. The predicted molar refractivity (Wildman–Crippen MR) is 116 cm³/mol. The molecule has 0 saturated heterocycles. The van der Waals surface area contributed by atoms with Gasteiger partial charge in [-0.25, -0.2) is 4.98 Å². The van der Waals surface area contributed by atoms with Gasteiger partial charge in [-0.1, -0.05) is 6.07 Å². The molecule has 2 aromatic heterocycles. The third kappa shape index (κ3) is 5.90. The Kier molecular flexibility index (Phi) is 6.57. The van der Waals surface area contributed by atoms with Crippen molar-refractivity contribution in [3.63, 3.8) is 0 Å². The van der Waals surface area contributed by atoms with Crippen LogP contribution in [-0.2, 0) is 0 Å². The zero-order chi connectivity index (χ0) is 20.6. The fourth-order valence-corrected chi connectivity index (χ4v) is 2.62. The topological polar surface area (TPSA) is 95.1 Å². The number of nitrogens with one attached hydrogen (secondary N) is 3. The van der Waals surface area contributed by atoms with Gasteiger partial charge in [0.1, 0.15) is 11.6 Å². The Bertz CT molecular complexity index is 957.